The first-order chi connectivity index (χ1) is 12.8. The molecule has 0 spiro atoms. The zero-order valence-corrected chi connectivity index (χ0v) is 15.6. The smallest absolute Gasteiger partial charge is 0.243 e. The van der Waals surface area contributed by atoms with Gasteiger partial charge >= 0.3 is 0 Å². The van der Waals surface area contributed by atoms with Gasteiger partial charge in [-0.05, 0) is 48.4 Å². The number of rotatable bonds is 4. The van der Waals surface area contributed by atoms with Crippen LogP contribution >= 0.6 is 0 Å². The van der Waals surface area contributed by atoms with Gasteiger partial charge in [-0.15, -0.1) is 0 Å². The van der Waals surface area contributed by atoms with E-state index in [2.05, 4.69) is 6.07 Å². The lowest BCUT2D eigenvalue weighted by atomic mass is 10.1. The summed E-state index contributed by atoms with van der Waals surface area (Å²) < 4.78 is 53.4. The standard InChI is InChI=1S/C19H19F2N3O2S/c1-14-12-17(6-7-18(14)21)27(25,26)24-10-8-23(9-11-24)19(13-22)15-2-4-16(20)5-3-15/h2-7,12,19H,8-11H2,1H3. The average molecular weight is 391 g/mol. The fraction of sp³-hybridized carbons (Fsp3) is 0.316. The molecule has 1 unspecified atom stereocenters. The number of benzene rings is 2. The molecule has 0 N–H and O–H groups in total. The Morgan fingerprint density at radius 1 is 1.04 bits per heavy atom. The molecule has 2 aromatic rings. The molecule has 0 bridgehead atoms. The number of nitrogens with zero attached hydrogens (tertiary/aromatic N) is 3. The maximum atomic E-state index is 13.4. The van der Waals surface area contributed by atoms with Crippen molar-refractivity contribution in [3.63, 3.8) is 0 Å². The van der Waals surface area contributed by atoms with Gasteiger partial charge in [0, 0.05) is 26.2 Å². The van der Waals surface area contributed by atoms with Crippen LogP contribution in [0.3, 0.4) is 0 Å². The Kier molecular flexibility index (Phi) is 5.56. The molecular weight excluding hydrogens is 372 g/mol. The molecule has 1 fully saturated rings. The maximum absolute atomic E-state index is 13.4. The molecule has 142 valence electrons. The van der Waals surface area contributed by atoms with E-state index < -0.39 is 21.9 Å². The number of halogens is 2. The Morgan fingerprint density at radius 3 is 2.22 bits per heavy atom. The number of piperazine rings is 1. The topological polar surface area (TPSA) is 64.4 Å². The van der Waals surface area contributed by atoms with E-state index in [-0.39, 0.29) is 29.4 Å². The molecule has 0 aliphatic carbocycles. The fourth-order valence-electron chi connectivity index (χ4n) is 3.14. The van der Waals surface area contributed by atoms with Crippen LogP contribution in [0.5, 0.6) is 0 Å². The molecule has 5 nitrogen and oxygen atoms in total. The third-order valence-corrected chi connectivity index (χ3v) is 6.61. The summed E-state index contributed by atoms with van der Waals surface area (Å²) in [6, 6.07) is 11.1. The van der Waals surface area contributed by atoms with E-state index in [1.165, 1.54) is 35.5 Å². The first-order valence-electron chi connectivity index (χ1n) is 8.48. The Morgan fingerprint density at radius 2 is 1.67 bits per heavy atom. The van der Waals surface area contributed by atoms with Gasteiger partial charge in [-0.3, -0.25) is 4.90 Å². The van der Waals surface area contributed by atoms with Crippen molar-refractivity contribution in [3.8, 4) is 6.07 Å². The number of sulfonamides is 1. The lowest BCUT2D eigenvalue weighted by Crippen LogP contribution is -2.49. The van der Waals surface area contributed by atoms with Crippen LogP contribution < -0.4 is 0 Å². The second kappa shape index (κ2) is 7.72. The maximum Gasteiger partial charge on any atom is 0.243 e. The van der Waals surface area contributed by atoms with E-state index in [4.69, 9.17) is 0 Å². The minimum atomic E-state index is -3.72. The number of hydrogen-bond acceptors (Lipinski definition) is 4. The molecule has 3 rings (SSSR count). The van der Waals surface area contributed by atoms with Crippen LogP contribution in [0.25, 0.3) is 0 Å². The molecule has 1 saturated heterocycles. The van der Waals surface area contributed by atoms with Crippen molar-refractivity contribution in [1.29, 1.82) is 5.26 Å². The van der Waals surface area contributed by atoms with Gasteiger partial charge in [-0.25, -0.2) is 17.2 Å². The Labute approximate surface area is 157 Å². The molecule has 0 amide bonds. The summed E-state index contributed by atoms with van der Waals surface area (Å²) in [5.41, 5.74) is 0.944. The Hall–Kier alpha value is -2.34. The minimum absolute atomic E-state index is 0.0604. The van der Waals surface area contributed by atoms with Crippen LogP contribution in [0, 0.1) is 29.9 Å². The molecule has 8 heteroatoms. The predicted octanol–water partition coefficient (Wildman–Crippen LogP) is 2.84. The average Bonchev–Trinajstić information content (AvgIpc) is 2.66. The van der Waals surface area contributed by atoms with Gasteiger partial charge in [0.25, 0.3) is 0 Å². The molecule has 1 heterocycles. The fourth-order valence-corrected chi connectivity index (χ4v) is 4.65. The summed E-state index contributed by atoms with van der Waals surface area (Å²) in [6.45, 7) is 2.70. The lowest BCUT2D eigenvalue weighted by Gasteiger charge is -2.36. The van der Waals surface area contributed by atoms with Gasteiger partial charge in [0.2, 0.25) is 10.0 Å². The highest BCUT2D eigenvalue weighted by atomic mass is 32.2. The van der Waals surface area contributed by atoms with Crippen molar-refractivity contribution in [1.82, 2.24) is 9.21 Å². The third-order valence-electron chi connectivity index (χ3n) is 4.71. The molecule has 27 heavy (non-hydrogen) atoms. The van der Waals surface area contributed by atoms with E-state index in [1.807, 2.05) is 4.90 Å². The van der Waals surface area contributed by atoms with Crippen LogP contribution in [0.15, 0.2) is 47.4 Å². The van der Waals surface area contributed by atoms with Crippen molar-refractivity contribution in [3.05, 3.63) is 65.2 Å². The Bertz CT molecular complexity index is 963. The second-order valence-corrected chi connectivity index (χ2v) is 8.37. The first kappa shape index (κ1) is 19.4. The third kappa shape index (κ3) is 4.00. The van der Waals surface area contributed by atoms with Crippen molar-refractivity contribution < 1.29 is 17.2 Å². The summed E-state index contributed by atoms with van der Waals surface area (Å²) in [4.78, 5) is 1.93. The predicted molar refractivity (Wildman–Crippen MR) is 96.2 cm³/mol. The van der Waals surface area contributed by atoms with Crippen molar-refractivity contribution >= 4 is 10.0 Å². The summed E-state index contributed by atoms with van der Waals surface area (Å²) in [5, 5.41) is 9.51. The summed E-state index contributed by atoms with van der Waals surface area (Å²) in [6.07, 6.45) is 0. The van der Waals surface area contributed by atoms with Crippen LogP contribution in [0.1, 0.15) is 17.2 Å². The van der Waals surface area contributed by atoms with Gasteiger partial charge < -0.3 is 0 Å². The normalized spacial score (nSPS) is 17.4. The SMILES string of the molecule is Cc1cc(S(=O)(=O)N2CCN(C(C#N)c3ccc(F)cc3)CC2)ccc1F. The van der Waals surface area contributed by atoms with Crippen LogP contribution in [0.4, 0.5) is 8.78 Å². The zero-order valence-electron chi connectivity index (χ0n) is 14.8. The summed E-state index contributed by atoms with van der Waals surface area (Å²) >= 11 is 0. The van der Waals surface area contributed by atoms with E-state index in [9.17, 15) is 22.5 Å². The van der Waals surface area contributed by atoms with E-state index >= 15 is 0 Å². The van der Waals surface area contributed by atoms with Gasteiger partial charge in [0.1, 0.15) is 17.7 Å². The Balaban J connectivity index is 1.73. The van der Waals surface area contributed by atoms with Gasteiger partial charge in [-0.1, -0.05) is 12.1 Å². The zero-order chi connectivity index (χ0) is 19.6. The molecule has 1 atom stereocenters. The van der Waals surface area contributed by atoms with Gasteiger partial charge in [0.05, 0.1) is 11.0 Å². The molecule has 2 aromatic carbocycles. The first-order valence-corrected chi connectivity index (χ1v) is 9.92. The van der Waals surface area contributed by atoms with E-state index in [0.717, 1.165) is 6.07 Å². The number of hydrogen-bond donors (Lipinski definition) is 0. The number of nitriles is 1. The minimum Gasteiger partial charge on any atom is -0.282 e. The number of aryl methyl sites for hydroxylation is 1. The highest BCUT2D eigenvalue weighted by Crippen LogP contribution is 2.25. The molecule has 1 aliphatic heterocycles. The quantitative estimate of drug-likeness (QED) is 0.804. The molecule has 0 radical (unpaired) electrons. The van der Waals surface area contributed by atoms with Crippen molar-refractivity contribution in [2.75, 3.05) is 26.2 Å². The van der Waals surface area contributed by atoms with E-state index in [1.54, 1.807) is 12.1 Å². The van der Waals surface area contributed by atoms with Crippen molar-refractivity contribution in [2.45, 2.75) is 17.9 Å². The monoisotopic (exact) mass is 391 g/mol. The van der Waals surface area contributed by atoms with Gasteiger partial charge in [-0.2, -0.15) is 9.57 Å². The molecular formula is C19H19F2N3O2S. The van der Waals surface area contributed by atoms with Crippen LogP contribution in [0.2, 0.25) is 0 Å². The largest absolute Gasteiger partial charge is 0.282 e. The molecule has 0 saturated carbocycles. The van der Waals surface area contributed by atoms with Crippen molar-refractivity contribution in [2.24, 2.45) is 0 Å². The summed E-state index contributed by atoms with van der Waals surface area (Å²) in [7, 11) is -3.72. The lowest BCUT2D eigenvalue weighted by molar-refractivity contribution is 0.162. The highest BCUT2D eigenvalue weighted by Gasteiger charge is 2.31. The molecule has 0 aromatic heterocycles. The van der Waals surface area contributed by atoms with Gasteiger partial charge in [0.15, 0.2) is 0 Å². The van der Waals surface area contributed by atoms with Crippen LogP contribution in [-0.2, 0) is 10.0 Å². The van der Waals surface area contributed by atoms with E-state index in [0.29, 0.717) is 18.7 Å². The second-order valence-electron chi connectivity index (χ2n) is 6.43. The summed E-state index contributed by atoms with van der Waals surface area (Å²) in [5.74, 6) is -0.823. The molecule has 1 aliphatic rings. The highest BCUT2D eigenvalue weighted by molar-refractivity contribution is 7.89. The van der Waals surface area contributed by atoms with Crippen LogP contribution in [-0.4, -0.2) is 43.8 Å².